The van der Waals surface area contributed by atoms with Gasteiger partial charge in [0.05, 0.1) is 11.4 Å². The van der Waals surface area contributed by atoms with Crippen LogP contribution in [0.3, 0.4) is 0 Å². The summed E-state index contributed by atoms with van der Waals surface area (Å²) in [7, 11) is 0. The second-order valence-corrected chi connectivity index (χ2v) is 6.81. The fourth-order valence-electron chi connectivity index (χ4n) is 5.06. The molecule has 3 nitrogen and oxygen atoms in total. The van der Waals surface area contributed by atoms with Crippen molar-refractivity contribution in [3.05, 3.63) is 41.0 Å². The van der Waals surface area contributed by atoms with E-state index in [0.29, 0.717) is 5.41 Å². The maximum atomic E-state index is 4.38. The van der Waals surface area contributed by atoms with Crippen molar-refractivity contribution in [2.45, 2.75) is 32.6 Å². The number of hydrogen-bond acceptors (Lipinski definition) is 3. The lowest BCUT2D eigenvalue weighted by molar-refractivity contribution is 0.406. The van der Waals surface area contributed by atoms with Gasteiger partial charge in [0.2, 0.25) is 0 Å². The van der Waals surface area contributed by atoms with Crippen LogP contribution in [-0.4, -0.2) is 0 Å². The maximum absolute atomic E-state index is 4.38. The normalized spacial score (nSPS) is 32.6. The van der Waals surface area contributed by atoms with Gasteiger partial charge in [-0.05, 0) is 72.4 Å². The Morgan fingerprint density at radius 1 is 1.30 bits per heavy atom. The van der Waals surface area contributed by atoms with Gasteiger partial charge in [0.1, 0.15) is 0 Å². The molecule has 3 heteroatoms. The van der Waals surface area contributed by atoms with Crippen LogP contribution in [0.2, 0.25) is 0 Å². The molecular weight excluding hydrogens is 246 g/mol. The van der Waals surface area contributed by atoms with Gasteiger partial charge < -0.3 is 10.9 Å². The van der Waals surface area contributed by atoms with E-state index < -0.39 is 0 Å². The van der Waals surface area contributed by atoms with Crippen molar-refractivity contribution >= 4 is 16.9 Å². The van der Waals surface area contributed by atoms with E-state index in [1.165, 1.54) is 59.3 Å². The SMILES string of the molecule is C=C1C(C)=C2c3ccc4c(c3CC23CCC1C3)NNN4. The second kappa shape index (κ2) is 3.29. The third-order valence-corrected chi connectivity index (χ3v) is 5.97. The zero-order valence-electron chi connectivity index (χ0n) is 11.8. The van der Waals surface area contributed by atoms with E-state index in [9.17, 15) is 0 Å². The van der Waals surface area contributed by atoms with Crippen molar-refractivity contribution in [3.63, 3.8) is 0 Å². The highest BCUT2D eigenvalue weighted by Crippen LogP contribution is 2.65. The third-order valence-electron chi connectivity index (χ3n) is 5.97. The number of nitrogens with one attached hydrogen (secondary N) is 3. The number of hydrazine groups is 2. The predicted octanol–water partition coefficient (Wildman–Crippen LogP) is 3.63. The molecule has 1 saturated carbocycles. The molecule has 5 rings (SSSR count). The highest BCUT2D eigenvalue weighted by molar-refractivity contribution is 5.91. The number of benzene rings is 1. The van der Waals surface area contributed by atoms with Crippen molar-refractivity contribution in [1.82, 2.24) is 5.53 Å². The van der Waals surface area contributed by atoms with E-state index in [1.807, 2.05) is 0 Å². The smallest absolute Gasteiger partial charge is 0.0789 e. The first-order valence-corrected chi connectivity index (χ1v) is 7.53. The van der Waals surface area contributed by atoms with Gasteiger partial charge in [-0.3, -0.25) is 0 Å². The van der Waals surface area contributed by atoms with Gasteiger partial charge >= 0.3 is 0 Å². The van der Waals surface area contributed by atoms with Crippen molar-refractivity contribution in [3.8, 4) is 0 Å². The first-order chi connectivity index (χ1) is 9.70. The maximum Gasteiger partial charge on any atom is 0.0789 e. The fraction of sp³-hybridized carbons (Fsp3) is 0.412. The summed E-state index contributed by atoms with van der Waals surface area (Å²) in [6.07, 6.45) is 5.15. The van der Waals surface area contributed by atoms with Crippen LogP contribution in [0.4, 0.5) is 11.4 Å². The van der Waals surface area contributed by atoms with Gasteiger partial charge in [0.15, 0.2) is 0 Å². The van der Waals surface area contributed by atoms with Crippen molar-refractivity contribution in [2.75, 3.05) is 10.9 Å². The topological polar surface area (TPSA) is 36.1 Å². The molecule has 0 radical (unpaired) electrons. The molecule has 1 spiro atoms. The zero-order chi connectivity index (χ0) is 13.5. The van der Waals surface area contributed by atoms with Crippen LogP contribution in [0, 0.1) is 11.3 Å². The molecule has 1 aromatic carbocycles. The average Bonchev–Trinajstić information content (AvgIpc) is 3.11. The molecule has 20 heavy (non-hydrogen) atoms. The summed E-state index contributed by atoms with van der Waals surface area (Å²) in [6, 6.07) is 4.49. The molecule has 0 saturated heterocycles. The molecule has 1 aliphatic heterocycles. The number of allylic oxidation sites excluding steroid dienone is 3. The second-order valence-electron chi connectivity index (χ2n) is 6.81. The van der Waals surface area contributed by atoms with Gasteiger partial charge in [-0.2, -0.15) is 0 Å². The molecule has 3 N–H and O–H groups in total. The molecule has 4 aliphatic rings. The molecule has 2 unspecified atom stereocenters. The molecule has 0 amide bonds. The van der Waals surface area contributed by atoms with Crippen LogP contribution in [0.5, 0.6) is 0 Å². The molecule has 1 fully saturated rings. The highest BCUT2D eigenvalue weighted by Gasteiger charge is 2.52. The summed E-state index contributed by atoms with van der Waals surface area (Å²) in [6.45, 7) is 6.67. The summed E-state index contributed by atoms with van der Waals surface area (Å²) in [4.78, 5) is 0. The van der Waals surface area contributed by atoms with Gasteiger partial charge in [0, 0.05) is 5.41 Å². The third kappa shape index (κ3) is 1.08. The molecule has 1 aromatic rings. The number of fused-ring (bicyclic) bond motifs is 5. The largest absolute Gasteiger partial charge is 0.302 e. The number of rotatable bonds is 0. The van der Waals surface area contributed by atoms with E-state index in [0.717, 1.165) is 5.92 Å². The zero-order valence-corrected chi connectivity index (χ0v) is 11.8. The van der Waals surface area contributed by atoms with Crippen LogP contribution in [0.15, 0.2) is 29.9 Å². The lowest BCUT2D eigenvalue weighted by Crippen LogP contribution is -2.22. The summed E-state index contributed by atoms with van der Waals surface area (Å²) >= 11 is 0. The Balaban J connectivity index is 1.81. The Labute approximate surface area is 119 Å². The minimum absolute atomic E-state index is 0.400. The quantitative estimate of drug-likeness (QED) is 0.670. The molecule has 1 heterocycles. The highest BCUT2D eigenvalue weighted by atomic mass is 15.6. The van der Waals surface area contributed by atoms with E-state index >= 15 is 0 Å². The monoisotopic (exact) mass is 265 g/mol. The molecule has 3 aliphatic carbocycles. The summed E-state index contributed by atoms with van der Waals surface area (Å²) in [5.41, 5.74) is 19.7. The molecule has 2 atom stereocenters. The Kier molecular flexibility index (Phi) is 1.80. The number of hydrogen-bond donors (Lipinski definition) is 3. The van der Waals surface area contributed by atoms with E-state index in [2.05, 4.69) is 42.0 Å². The van der Waals surface area contributed by atoms with E-state index in [-0.39, 0.29) is 0 Å². The Morgan fingerprint density at radius 3 is 3.10 bits per heavy atom. The van der Waals surface area contributed by atoms with Crippen LogP contribution in [-0.2, 0) is 6.42 Å². The van der Waals surface area contributed by atoms with Gasteiger partial charge in [-0.1, -0.05) is 12.6 Å². The standard InChI is InChI=1S/C17H19N3/c1-9-10(2)15-12-3-4-14-16(19-20-18-14)13(12)8-17(15)6-5-11(9)7-17/h3-4,11,18-20H,1,5-8H2,2H3. The first kappa shape index (κ1) is 11.0. The minimum Gasteiger partial charge on any atom is -0.302 e. The Morgan fingerprint density at radius 2 is 2.20 bits per heavy atom. The van der Waals surface area contributed by atoms with Crippen molar-refractivity contribution < 1.29 is 0 Å². The summed E-state index contributed by atoms with van der Waals surface area (Å²) < 4.78 is 0. The van der Waals surface area contributed by atoms with Crippen molar-refractivity contribution in [1.29, 1.82) is 0 Å². The van der Waals surface area contributed by atoms with Gasteiger partial charge in [-0.15, -0.1) is 5.53 Å². The van der Waals surface area contributed by atoms with Gasteiger partial charge in [-0.25, -0.2) is 0 Å². The summed E-state index contributed by atoms with van der Waals surface area (Å²) in [5, 5.41) is 0. The first-order valence-electron chi connectivity index (χ1n) is 7.53. The minimum atomic E-state index is 0.400. The fourth-order valence-corrected chi connectivity index (χ4v) is 5.06. The summed E-state index contributed by atoms with van der Waals surface area (Å²) in [5.74, 6) is 0.727. The Hall–Kier alpha value is -1.74. The predicted molar refractivity (Wildman–Crippen MR) is 82.0 cm³/mol. The van der Waals surface area contributed by atoms with Crippen molar-refractivity contribution in [2.24, 2.45) is 11.3 Å². The molecule has 2 bridgehead atoms. The lowest BCUT2D eigenvalue weighted by atomic mass is 9.70. The van der Waals surface area contributed by atoms with Crippen LogP contribution in [0.25, 0.3) is 5.57 Å². The van der Waals surface area contributed by atoms with Gasteiger partial charge in [0.25, 0.3) is 0 Å². The molecule has 0 aromatic heterocycles. The van der Waals surface area contributed by atoms with Crippen LogP contribution >= 0.6 is 0 Å². The lowest BCUT2D eigenvalue weighted by Gasteiger charge is -2.33. The molecular formula is C17H19N3. The Bertz CT molecular complexity index is 700. The number of anilines is 2. The van der Waals surface area contributed by atoms with Crippen LogP contribution < -0.4 is 16.4 Å². The van der Waals surface area contributed by atoms with E-state index in [4.69, 9.17) is 0 Å². The van der Waals surface area contributed by atoms with Crippen LogP contribution in [0.1, 0.15) is 37.3 Å². The average molecular weight is 265 g/mol. The van der Waals surface area contributed by atoms with E-state index in [1.54, 1.807) is 5.57 Å². The molecule has 102 valence electrons.